The van der Waals surface area contributed by atoms with E-state index in [4.69, 9.17) is 0 Å². The quantitative estimate of drug-likeness (QED) is 0.269. The van der Waals surface area contributed by atoms with E-state index in [1.54, 1.807) is 26.0 Å². The van der Waals surface area contributed by atoms with Crippen molar-refractivity contribution in [1.29, 1.82) is 0 Å². The Labute approximate surface area is 236 Å². The molecular formula is C31H30N5O5-. The van der Waals surface area contributed by atoms with E-state index >= 15 is 0 Å². The van der Waals surface area contributed by atoms with Gasteiger partial charge in [-0.1, -0.05) is 18.2 Å². The number of hydrazone groups is 1. The number of aromatic nitrogens is 2. The summed E-state index contributed by atoms with van der Waals surface area (Å²) < 4.78 is 1.37. The topological polar surface area (TPSA) is 137 Å². The van der Waals surface area contributed by atoms with E-state index in [1.807, 2.05) is 52.0 Å². The Bertz CT molecular complexity index is 1820. The second-order valence-electron chi connectivity index (χ2n) is 10.7. The van der Waals surface area contributed by atoms with Gasteiger partial charge in [-0.25, -0.2) is 9.69 Å². The SMILES string of the molecule is CC1=NN(c2ccc(C)c(C)c2)C(=O)[C@@H]1[C@@H](c1cc([N+](=O)[O-])ccc1[O-])c1c(C)[nH]n(-c2ccc(C)c(C)c2)c1=O. The van der Waals surface area contributed by atoms with Crippen LogP contribution < -0.4 is 15.7 Å². The first-order valence-electron chi connectivity index (χ1n) is 13.2. The fourth-order valence-corrected chi connectivity index (χ4v) is 5.37. The predicted molar refractivity (Wildman–Crippen MR) is 155 cm³/mol. The number of benzene rings is 3. The van der Waals surface area contributed by atoms with Crippen molar-refractivity contribution in [2.45, 2.75) is 47.5 Å². The molecule has 0 spiro atoms. The van der Waals surface area contributed by atoms with Gasteiger partial charge in [-0.2, -0.15) is 5.10 Å². The van der Waals surface area contributed by atoms with E-state index in [2.05, 4.69) is 10.2 Å². The van der Waals surface area contributed by atoms with Crippen LogP contribution in [0.25, 0.3) is 5.69 Å². The standard InChI is InChI=1S/C31H31N5O5/c1-16-7-9-22(13-18(16)3)34-30(38)27(20(5)32-34)29(25-15-24(36(40)41)11-12-26(25)37)28-21(6)33-35(31(28)39)23-10-8-17(2)19(4)14-23/h7-15,27,29,33,37H,1-6H3/p-1/t27-,29+/m0/s1. The minimum atomic E-state index is -1.12. The number of nitrogens with one attached hydrogen (secondary N) is 1. The lowest BCUT2D eigenvalue weighted by molar-refractivity contribution is -0.385. The third kappa shape index (κ3) is 4.71. The Morgan fingerprint density at radius 1 is 0.854 bits per heavy atom. The number of nitro benzene ring substituents is 1. The van der Waals surface area contributed by atoms with Gasteiger partial charge in [0.25, 0.3) is 17.2 Å². The van der Waals surface area contributed by atoms with Crippen LogP contribution >= 0.6 is 0 Å². The molecule has 2 atom stereocenters. The number of aryl methyl sites for hydroxylation is 5. The number of hydrogen-bond acceptors (Lipinski definition) is 6. The number of hydrogen-bond donors (Lipinski definition) is 1. The maximum atomic E-state index is 14.1. The van der Waals surface area contributed by atoms with Gasteiger partial charge in [-0.15, -0.1) is 5.75 Å². The number of carbonyl (C=O) groups excluding carboxylic acids is 1. The van der Waals surface area contributed by atoms with Gasteiger partial charge >= 0.3 is 0 Å². The van der Waals surface area contributed by atoms with E-state index < -0.39 is 34.0 Å². The van der Waals surface area contributed by atoms with Crippen molar-refractivity contribution >= 4 is 23.0 Å². The Morgan fingerprint density at radius 2 is 1.46 bits per heavy atom. The molecule has 0 bridgehead atoms. The van der Waals surface area contributed by atoms with Crippen molar-refractivity contribution in [3.05, 3.63) is 114 Å². The normalized spacial score (nSPS) is 15.8. The Kier molecular flexibility index (Phi) is 6.86. The summed E-state index contributed by atoms with van der Waals surface area (Å²) >= 11 is 0. The largest absolute Gasteiger partial charge is 0.872 e. The van der Waals surface area contributed by atoms with Crippen LogP contribution in [0.15, 0.2) is 64.5 Å². The Hall–Kier alpha value is -4.99. The summed E-state index contributed by atoms with van der Waals surface area (Å²) in [6.07, 6.45) is 0. The molecule has 5 rings (SSSR count). The molecule has 1 aromatic heterocycles. The molecule has 1 aliphatic heterocycles. The smallest absolute Gasteiger partial charge is 0.275 e. The molecule has 0 saturated carbocycles. The average molecular weight is 553 g/mol. The molecule has 3 aromatic carbocycles. The van der Waals surface area contributed by atoms with Gasteiger partial charge in [0.05, 0.1) is 22.2 Å². The number of nitro groups is 1. The van der Waals surface area contributed by atoms with E-state index in [-0.39, 0.29) is 16.8 Å². The fourth-order valence-electron chi connectivity index (χ4n) is 5.37. The lowest BCUT2D eigenvalue weighted by Gasteiger charge is -2.27. The monoisotopic (exact) mass is 552 g/mol. The second-order valence-corrected chi connectivity index (χ2v) is 10.7. The second kappa shape index (κ2) is 10.2. The first kappa shape index (κ1) is 27.6. The third-order valence-electron chi connectivity index (χ3n) is 7.97. The van der Waals surface area contributed by atoms with Crippen LogP contribution in [0.2, 0.25) is 0 Å². The van der Waals surface area contributed by atoms with Crippen LogP contribution in [0.4, 0.5) is 11.4 Å². The fraction of sp³-hybridized carbons (Fsp3) is 0.258. The van der Waals surface area contributed by atoms with Crippen molar-refractivity contribution in [3.8, 4) is 11.4 Å². The first-order chi connectivity index (χ1) is 19.4. The van der Waals surface area contributed by atoms with Crippen LogP contribution in [0.1, 0.15) is 51.9 Å². The van der Waals surface area contributed by atoms with E-state index in [1.165, 1.54) is 15.8 Å². The predicted octanol–water partition coefficient (Wildman–Crippen LogP) is 4.86. The van der Waals surface area contributed by atoms with Crippen LogP contribution in [0.3, 0.4) is 0 Å². The number of rotatable bonds is 6. The molecular weight excluding hydrogens is 522 g/mol. The summed E-state index contributed by atoms with van der Waals surface area (Å²) in [5.41, 5.74) is 5.45. The van der Waals surface area contributed by atoms with Crippen LogP contribution in [-0.2, 0) is 4.79 Å². The highest BCUT2D eigenvalue weighted by Gasteiger charge is 2.44. The molecule has 210 valence electrons. The molecule has 0 aliphatic carbocycles. The third-order valence-corrected chi connectivity index (χ3v) is 7.97. The highest BCUT2D eigenvalue weighted by atomic mass is 16.6. The molecule has 0 saturated heterocycles. The minimum absolute atomic E-state index is 0.0135. The lowest BCUT2D eigenvalue weighted by atomic mass is 9.78. The van der Waals surface area contributed by atoms with Crippen molar-refractivity contribution in [1.82, 2.24) is 9.78 Å². The highest BCUT2D eigenvalue weighted by Crippen LogP contribution is 2.42. The number of anilines is 1. The summed E-state index contributed by atoms with van der Waals surface area (Å²) in [5, 5.41) is 33.9. The van der Waals surface area contributed by atoms with E-state index in [0.29, 0.717) is 22.8 Å². The molecule has 1 N–H and O–H groups in total. The number of aromatic amines is 1. The molecule has 4 aromatic rings. The summed E-state index contributed by atoms with van der Waals surface area (Å²) in [7, 11) is 0. The summed E-state index contributed by atoms with van der Waals surface area (Å²) in [6, 6.07) is 14.5. The molecule has 10 nitrogen and oxygen atoms in total. The number of amides is 1. The summed E-state index contributed by atoms with van der Waals surface area (Å²) in [5.74, 6) is -3.10. The van der Waals surface area contributed by atoms with Crippen LogP contribution in [0, 0.1) is 50.7 Å². The van der Waals surface area contributed by atoms with Crippen molar-refractivity contribution in [3.63, 3.8) is 0 Å². The minimum Gasteiger partial charge on any atom is -0.872 e. The molecule has 41 heavy (non-hydrogen) atoms. The van der Waals surface area contributed by atoms with Gasteiger partial charge < -0.3 is 5.11 Å². The number of nitrogens with zero attached hydrogens (tertiary/aromatic N) is 4. The first-order valence-corrected chi connectivity index (χ1v) is 13.2. The lowest BCUT2D eigenvalue weighted by Crippen LogP contribution is -2.34. The zero-order chi connectivity index (χ0) is 29.7. The molecule has 0 radical (unpaired) electrons. The van der Waals surface area contributed by atoms with Gasteiger partial charge in [0, 0.05) is 35.0 Å². The summed E-state index contributed by atoms with van der Waals surface area (Å²) in [4.78, 5) is 39.2. The molecule has 2 heterocycles. The molecule has 0 fully saturated rings. The van der Waals surface area contributed by atoms with Crippen LogP contribution in [-0.4, -0.2) is 26.3 Å². The number of H-pyrrole nitrogens is 1. The average Bonchev–Trinajstić information content (AvgIpc) is 3.38. The van der Waals surface area contributed by atoms with Crippen molar-refractivity contribution < 1.29 is 14.8 Å². The maximum Gasteiger partial charge on any atom is 0.275 e. The Balaban J connectivity index is 1.72. The van der Waals surface area contributed by atoms with Crippen LogP contribution in [0.5, 0.6) is 5.75 Å². The number of carbonyl (C=O) groups is 1. The zero-order valence-corrected chi connectivity index (χ0v) is 23.7. The molecule has 1 aliphatic rings. The van der Waals surface area contributed by atoms with Gasteiger partial charge in [-0.3, -0.25) is 24.8 Å². The molecule has 0 unspecified atom stereocenters. The van der Waals surface area contributed by atoms with Crippen molar-refractivity contribution in [2.75, 3.05) is 5.01 Å². The van der Waals surface area contributed by atoms with Gasteiger partial charge in [0.15, 0.2) is 0 Å². The number of non-ortho nitro benzene ring substituents is 1. The Morgan fingerprint density at radius 3 is 2.07 bits per heavy atom. The van der Waals surface area contributed by atoms with Crippen molar-refractivity contribution in [2.24, 2.45) is 11.0 Å². The van der Waals surface area contributed by atoms with E-state index in [0.717, 1.165) is 34.4 Å². The van der Waals surface area contributed by atoms with E-state index in [9.17, 15) is 24.8 Å². The van der Waals surface area contributed by atoms with Gasteiger partial charge in [0.1, 0.15) is 0 Å². The molecule has 10 heteroatoms. The molecule has 1 amide bonds. The van der Waals surface area contributed by atoms with Gasteiger partial charge in [0.2, 0.25) is 0 Å². The zero-order valence-electron chi connectivity index (χ0n) is 23.7. The van der Waals surface area contributed by atoms with Gasteiger partial charge in [-0.05, 0) is 93.6 Å². The maximum absolute atomic E-state index is 14.1. The summed E-state index contributed by atoms with van der Waals surface area (Å²) in [6.45, 7) is 11.2. The highest BCUT2D eigenvalue weighted by molar-refractivity contribution is 6.15.